The number of hydrogen-bond donors (Lipinski definition) is 1. The molecular weight excluding hydrogens is 188 g/mol. The Hall–Kier alpha value is -0.570. The van der Waals surface area contributed by atoms with E-state index in [9.17, 15) is 4.79 Å². The summed E-state index contributed by atoms with van der Waals surface area (Å²) in [5.74, 6) is 1.12. The molecule has 2 unspecified atom stereocenters. The van der Waals surface area contributed by atoms with Gasteiger partial charge in [-0.1, -0.05) is 20.8 Å². The monoisotopic (exact) mass is 214 g/mol. The summed E-state index contributed by atoms with van der Waals surface area (Å²) in [6.45, 7) is 9.05. The fourth-order valence-corrected chi connectivity index (χ4v) is 1.61. The van der Waals surface area contributed by atoms with Crippen molar-refractivity contribution in [3.05, 3.63) is 0 Å². The molecule has 0 fully saturated rings. The summed E-state index contributed by atoms with van der Waals surface area (Å²) in [7, 11) is 1.89. The number of nitrogens with zero attached hydrogens (tertiary/aromatic N) is 1. The van der Waals surface area contributed by atoms with Crippen LogP contribution in [-0.2, 0) is 4.79 Å². The van der Waals surface area contributed by atoms with Crippen LogP contribution in [-0.4, -0.2) is 30.4 Å². The van der Waals surface area contributed by atoms with Gasteiger partial charge < -0.3 is 10.6 Å². The fourth-order valence-electron chi connectivity index (χ4n) is 1.61. The topological polar surface area (TPSA) is 46.3 Å². The first-order valence-electron chi connectivity index (χ1n) is 5.84. The standard InChI is InChI=1S/C12H26N2O/c1-9(2)6-11(4)14(5)12(15)7-10(3)8-13/h9-11H,6-8,13H2,1-5H3. The highest BCUT2D eigenvalue weighted by atomic mass is 16.2. The Morgan fingerprint density at radius 1 is 1.27 bits per heavy atom. The van der Waals surface area contributed by atoms with Gasteiger partial charge in [0.2, 0.25) is 5.91 Å². The van der Waals surface area contributed by atoms with Gasteiger partial charge >= 0.3 is 0 Å². The third kappa shape index (κ3) is 5.78. The molecule has 0 saturated carbocycles. The third-order valence-electron chi connectivity index (χ3n) is 2.79. The summed E-state index contributed by atoms with van der Waals surface area (Å²) in [6, 6.07) is 0.322. The molecule has 2 N–H and O–H groups in total. The quantitative estimate of drug-likeness (QED) is 0.733. The number of carbonyl (C=O) groups is 1. The Morgan fingerprint density at radius 3 is 2.20 bits per heavy atom. The molecule has 15 heavy (non-hydrogen) atoms. The van der Waals surface area contributed by atoms with Crippen molar-refractivity contribution in [2.45, 2.75) is 46.6 Å². The van der Waals surface area contributed by atoms with Crippen molar-refractivity contribution in [1.82, 2.24) is 4.90 Å². The molecule has 2 atom stereocenters. The van der Waals surface area contributed by atoms with Crippen molar-refractivity contribution in [2.75, 3.05) is 13.6 Å². The van der Waals surface area contributed by atoms with E-state index in [-0.39, 0.29) is 11.8 Å². The maximum atomic E-state index is 11.8. The van der Waals surface area contributed by atoms with E-state index in [4.69, 9.17) is 5.73 Å². The van der Waals surface area contributed by atoms with E-state index < -0.39 is 0 Å². The highest BCUT2D eigenvalue weighted by molar-refractivity contribution is 5.76. The van der Waals surface area contributed by atoms with Gasteiger partial charge in [0.1, 0.15) is 0 Å². The number of nitrogens with two attached hydrogens (primary N) is 1. The van der Waals surface area contributed by atoms with Gasteiger partial charge in [0, 0.05) is 19.5 Å². The van der Waals surface area contributed by atoms with Gasteiger partial charge in [0.05, 0.1) is 0 Å². The fraction of sp³-hybridized carbons (Fsp3) is 0.917. The third-order valence-corrected chi connectivity index (χ3v) is 2.79. The molecule has 0 spiro atoms. The van der Waals surface area contributed by atoms with Crippen LogP contribution in [0.25, 0.3) is 0 Å². The van der Waals surface area contributed by atoms with Crippen molar-refractivity contribution >= 4 is 5.91 Å². The molecule has 3 nitrogen and oxygen atoms in total. The molecule has 0 aromatic rings. The zero-order valence-corrected chi connectivity index (χ0v) is 10.8. The minimum Gasteiger partial charge on any atom is -0.343 e. The van der Waals surface area contributed by atoms with Crippen LogP contribution < -0.4 is 5.73 Å². The van der Waals surface area contributed by atoms with E-state index in [0.717, 1.165) is 6.42 Å². The van der Waals surface area contributed by atoms with Crippen LogP contribution in [0.15, 0.2) is 0 Å². The van der Waals surface area contributed by atoms with Crippen LogP contribution in [0.4, 0.5) is 0 Å². The summed E-state index contributed by atoms with van der Waals surface area (Å²) in [4.78, 5) is 13.7. The van der Waals surface area contributed by atoms with Gasteiger partial charge in [-0.25, -0.2) is 0 Å². The normalized spacial score (nSPS) is 15.1. The van der Waals surface area contributed by atoms with Crippen molar-refractivity contribution in [2.24, 2.45) is 17.6 Å². The van der Waals surface area contributed by atoms with Gasteiger partial charge in [-0.3, -0.25) is 4.79 Å². The summed E-state index contributed by atoms with van der Waals surface area (Å²) in [5.41, 5.74) is 5.51. The van der Waals surface area contributed by atoms with Crippen molar-refractivity contribution in [3.8, 4) is 0 Å². The van der Waals surface area contributed by atoms with E-state index in [0.29, 0.717) is 24.9 Å². The predicted octanol–water partition coefficient (Wildman–Crippen LogP) is 1.86. The van der Waals surface area contributed by atoms with Crippen molar-refractivity contribution in [3.63, 3.8) is 0 Å². The second-order valence-electron chi connectivity index (χ2n) is 5.03. The van der Waals surface area contributed by atoms with Crippen LogP contribution >= 0.6 is 0 Å². The molecular formula is C12H26N2O. The molecule has 0 aliphatic heterocycles. The summed E-state index contributed by atoms with van der Waals surface area (Å²) in [5, 5.41) is 0. The van der Waals surface area contributed by atoms with Gasteiger partial charge in [0.25, 0.3) is 0 Å². The van der Waals surface area contributed by atoms with Gasteiger partial charge in [-0.2, -0.15) is 0 Å². The minimum atomic E-state index is 0.209. The maximum absolute atomic E-state index is 11.8. The molecule has 0 aliphatic carbocycles. The van der Waals surface area contributed by atoms with E-state index >= 15 is 0 Å². The largest absolute Gasteiger partial charge is 0.343 e. The van der Waals surface area contributed by atoms with Crippen molar-refractivity contribution < 1.29 is 4.79 Å². The molecule has 0 aliphatic rings. The first-order chi connectivity index (χ1) is 6.88. The molecule has 0 saturated heterocycles. The van der Waals surface area contributed by atoms with E-state index in [1.165, 1.54) is 0 Å². The molecule has 0 radical (unpaired) electrons. The Morgan fingerprint density at radius 2 is 1.80 bits per heavy atom. The van der Waals surface area contributed by atoms with E-state index in [2.05, 4.69) is 20.8 Å². The molecule has 0 bridgehead atoms. The SMILES string of the molecule is CC(C)CC(C)N(C)C(=O)CC(C)CN. The minimum absolute atomic E-state index is 0.209. The lowest BCUT2D eigenvalue weighted by atomic mass is 10.0. The zero-order chi connectivity index (χ0) is 12.0. The number of amides is 1. The Bertz CT molecular complexity index is 192. The lowest BCUT2D eigenvalue weighted by Crippen LogP contribution is -2.37. The Labute approximate surface area is 94.0 Å². The van der Waals surface area contributed by atoms with E-state index in [1.807, 2.05) is 18.9 Å². The predicted molar refractivity (Wildman–Crippen MR) is 64.5 cm³/mol. The summed E-state index contributed by atoms with van der Waals surface area (Å²) >= 11 is 0. The number of rotatable bonds is 6. The van der Waals surface area contributed by atoms with Gasteiger partial charge in [0.15, 0.2) is 0 Å². The average Bonchev–Trinajstić information content (AvgIpc) is 2.15. The Balaban J connectivity index is 4.07. The van der Waals surface area contributed by atoms with Crippen LogP contribution in [0.1, 0.15) is 40.5 Å². The van der Waals surface area contributed by atoms with Crippen LogP contribution in [0, 0.1) is 11.8 Å². The highest BCUT2D eigenvalue weighted by Crippen LogP contribution is 2.12. The molecule has 0 heterocycles. The number of carbonyl (C=O) groups excluding carboxylic acids is 1. The van der Waals surface area contributed by atoms with E-state index in [1.54, 1.807) is 0 Å². The number of hydrogen-bond acceptors (Lipinski definition) is 2. The summed E-state index contributed by atoms with van der Waals surface area (Å²) < 4.78 is 0. The Kier molecular flexibility index (Phi) is 6.57. The second kappa shape index (κ2) is 6.83. The zero-order valence-electron chi connectivity index (χ0n) is 10.8. The summed E-state index contributed by atoms with van der Waals surface area (Å²) in [6.07, 6.45) is 1.62. The molecule has 0 aromatic heterocycles. The van der Waals surface area contributed by atoms with Crippen molar-refractivity contribution in [1.29, 1.82) is 0 Å². The molecule has 1 amide bonds. The molecule has 0 rings (SSSR count). The molecule has 3 heteroatoms. The van der Waals surface area contributed by atoms with Crippen LogP contribution in [0.5, 0.6) is 0 Å². The van der Waals surface area contributed by atoms with Crippen LogP contribution in [0.2, 0.25) is 0 Å². The second-order valence-corrected chi connectivity index (χ2v) is 5.03. The maximum Gasteiger partial charge on any atom is 0.222 e. The highest BCUT2D eigenvalue weighted by Gasteiger charge is 2.18. The lowest BCUT2D eigenvalue weighted by molar-refractivity contribution is -0.132. The first-order valence-corrected chi connectivity index (χ1v) is 5.84. The van der Waals surface area contributed by atoms with Crippen LogP contribution in [0.3, 0.4) is 0 Å². The molecule has 0 aromatic carbocycles. The first kappa shape index (κ1) is 14.4. The average molecular weight is 214 g/mol. The lowest BCUT2D eigenvalue weighted by Gasteiger charge is -2.27. The smallest absolute Gasteiger partial charge is 0.222 e. The van der Waals surface area contributed by atoms with Gasteiger partial charge in [-0.15, -0.1) is 0 Å². The molecule has 90 valence electrons. The van der Waals surface area contributed by atoms with Gasteiger partial charge in [-0.05, 0) is 31.7 Å².